The van der Waals surface area contributed by atoms with Crippen molar-refractivity contribution >= 4 is 33.2 Å². The number of aromatic nitrogens is 4. The number of nitrogens with zero attached hydrogens (tertiary/aromatic N) is 4. The highest BCUT2D eigenvalue weighted by molar-refractivity contribution is 7.99. The van der Waals surface area contributed by atoms with Crippen LogP contribution in [0.3, 0.4) is 0 Å². The molecule has 33 heavy (non-hydrogen) atoms. The number of para-hydroxylation sites is 1. The lowest BCUT2D eigenvalue weighted by molar-refractivity contribution is -0.115. The van der Waals surface area contributed by atoms with Crippen molar-refractivity contribution in [1.29, 1.82) is 0 Å². The van der Waals surface area contributed by atoms with Gasteiger partial charge in [-0.2, -0.15) is 0 Å². The average Bonchev–Trinajstić information content (AvgIpc) is 3.42. The highest BCUT2D eigenvalue weighted by Crippen LogP contribution is 2.24. The standard InChI is InChI=1S/C21H25N5O5S2/c1-14-19(20(28)26(25(14)2)16-6-4-3-5-7-16)22-17(27)8-10-32-21-24-23-18(31-21)12-15-9-11-33(29,30)13-15/h3-7,15H,8-13H2,1-2H3,(H,22,27). The third-order valence-electron chi connectivity index (χ3n) is 5.61. The Balaban J connectivity index is 1.31. The molecule has 1 aromatic carbocycles. The first-order chi connectivity index (χ1) is 15.7. The van der Waals surface area contributed by atoms with Gasteiger partial charge in [0.15, 0.2) is 9.84 Å². The summed E-state index contributed by atoms with van der Waals surface area (Å²) in [6.07, 6.45) is 1.20. The van der Waals surface area contributed by atoms with Crippen LogP contribution in [0.1, 0.15) is 24.4 Å². The van der Waals surface area contributed by atoms with Crippen molar-refractivity contribution in [3.8, 4) is 5.69 Å². The summed E-state index contributed by atoms with van der Waals surface area (Å²) in [7, 11) is -1.18. The number of nitrogens with one attached hydrogen (secondary N) is 1. The second kappa shape index (κ2) is 9.56. The molecule has 176 valence electrons. The van der Waals surface area contributed by atoms with E-state index in [1.165, 1.54) is 16.4 Å². The van der Waals surface area contributed by atoms with Crippen LogP contribution in [-0.2, 0) is 28.1 Å². The molecule has 3 heterocycles. The summed E-state index contributed by atoms with van der Waals surface area (Å²) in [5.41, 5.74) is 1.33. The molecule has 0 aliphatic carbocycles. The van der Waals surface area contributed by atoms with Crippen LogP contribution in [0.25, 0.3) is 5.69 Å². The number of anilines is 1. The summed E-state index contributed by atoms with van der Waals surface area (Å²) in [5, 5.41) is 11.0. The van der Waals surface area contributed by atoms with Crippen molar-refractivity contribution in [2.45, 2.75) is 31.4 Å². The highest BCUT2D eigenvalue weighted by atomic mass is 32.2. The van der Waals surface area contributed by atoms with Gasteiger partial charge in [-0.15, -0.1) is 10.2 Å². The molecule has 1 fully saturated rings. The number of carbonyl (C=O) groups excluding carboxylic acids is 1. The van der Waals surface area contributed by atoms with Crippen LogP contribution in [0.4, 0.5) is 5.69 Å². The SMILES string of the molecule is Cc1c(NC(=O)CCSc2nnc(CC3CCS(=O)(=O)C3)o2)c(=O)n(-c2ccccc2)n1C. The van der Waals surface area contributed by atoms with Crippen molar-refractivity contribution in [3.05, 3.63) is 52.3 Å². The van der Waals surface area contributed by atoms with Crippen LogP contribution in [0.2, 0.25) is 0 Å². The highest BCUT2D eigenvalue weighted by Gasteiger charge is 2.29. The number of sulfone groups is 1. The molecule has 1 aliphatic rings. The quantitative estimate of drug-likeness (QED) is 0.474. The first-order valence-electron chi connectivity index (χ1n) is 10.5. The van der Waals surface area contributed by atoms with E-state index in [2.05, 4.69) is 15.5 Å². The number of carbonyl (C=O) groups is 1. The van der Waals surface area contributed by atoms with Crippen LogP contribution in [0.15, 0.2) is 44.8 Å². The van der Waals surface area contributed by atoms with Gasteiger partial charge < -0.3 is 9.73 Å². The van der Waals surface area contributed by atoms with Gasteiger partial charge in [-0.25, -0.2) is 13.1 Å². The van der Waals surface area contributed by atoms with Crippen molar-refractivity contribution in [3.63, 3.8) is 0 Å². The van der Waals surface area contributed by atoms with E-state index in [4.69, 9.17) is 4.42 Å². The molecule has 1 saturated heterocycles. The maximum Gasteiger partial charge on any atom is 0.295 e. The molecule has 1 N–H and O–H groups in total. The van der Waals surface area contributed by atoms with Gasteiger partial charge in [0.05, 0.1) is 22.9 Å². The Labute approximate surface area is 195 Å². The van der Waals surface area contributed by atoms with E-state index in [9.17, 15) is 18.0 Å². The van der Waals surface area contributed by atoms with Crippen molar-refractivity contribution in [1.82, 2.24) is 19.6 Å². The van der Waals surface area contributed by atoms with Crippen molar-refractivity contribution in [2.24, 2.45) is 13.0 Å². The molecule has 0 spiro atoms. The van der Waals surface area contributed by atoms with Crippen molar-refractivity contribution in [2.75, 3.05) is 22.6 Å². The van der Waals surface area contributed by atoms with Crippen LogP contribution in [-0.4, -0.2) is 51.1 Å². The molecule has 10 nitrogen and oxygen atoms in total. The van der Waals surface area contributed by atoms with E-state index < -0.39 is 9.84 Å². The van der Waals surface area contributed by atoms with E-state index in [-0.39, 0.29) is 41.0 Å². The fraction of sp³-hybridized carbons (Fsp3) is 0.429. The Bertz CT molecular complexity index is 1310. The molecule has 1 atom stereocenters. The normalized spacial score (nSPS) is 17.3. The molecule has 0 bridgehead atoms. The van der Waals surface area contributed by atoms with Crippen LogP contribution in [0.5, 0.6) is 0 Å². The lowest BCUT2D eigenvalue weighted by Crippen LogP contribution is -2.23. The molecular formula is C21H25N5O5S2. The summed E-state index contributed by atoms with van der Waals surface area (Å²) in [5.74, 6) is 0.884. The van der Waals surface area contributed by atoms with Crippen LogP contribution >= 0.6 is 11.8 Å². The first-order valence-corrected chi connectivity index (χ1v) is 13.3. The van der Waals surface area contributed by atoms with Gasteiger partial charge in [-0.1, -0.05) is 30.0 Å². The van der Waals surface area contributed by atoms with Crippen molar-refractivity contribution < 1.29 is 17.6 Å². The smallest absolute Gasteiger partial charge is 0.295 e. The summed E-state index contributed by atoms with van der Waals surface area (Å²) < 4.78 is 31.9. The first kappa shape index (κ1) is 23.3. The van der Waals surface area contributed by atoms with Gasteiger partial charge in [-0.3, -0.25) is 14.3 Å². The lowest BCUT2D eigenvalue weighted by Gasteiger charge is -2.07. The molecule has 1 aliphatic heterocycles. The lowest BCUT2D eigenvalue weighted by atomic mass is 10.1. The van der Waals surface area contributed by atoms with E-state index in [1.54, 1.807) is 18.7 Å². The topological polar surface area (TPSA) is 129 Å². The molecule has 0 saturated carbocycles. The zero-order valence-corrected chi connectivity index (χ0v) is 20.0. The fourth-order valence-electron chi connectivity index (χ4n) is 3.80. The van der Waals surface area contributed by atoms with Gasteiger partial charge in [0.2, 0.25) is 11.8 Å². The van der Waals surface area contributed by atoms with E-state index in [1.807, 2.05) is 30.3 Å². The predicted molar refractivity (Wildman–Crippen MR) is 124 cm³/mol. The van der Waals surface area contributed by atoms with Crippen LogP contribution < -0.4 is 10.9 Å². The second-order valence-corrected chi connectivity index (χ2v) is 11.3. The molecule has 3 aromatic rings. The molecule has 12 heteroatoms. The molecular weight excluding hydrogens is 466 g/mol. The zero-order chi connectivity index (χ0) is 23.6. The molecule has 1 amide bonds. The van der Waals surface area contributed by atoms with Gasteiger partial charge in [0.1, 0.15) is 5.69 Å². The van der Waals surface area contributed by atoms with E-state index in [0.29, 0.717) is 41.1 Å². The minimum atomic E-state index is -2.95. The number of thioether (sulfide) groups is 1. The third kappa shape index (κ3) is 5.38. The number of benzene rings is 1. The van der Waals surface area contributed by atoms with Crippen LogP contribution in [0, 0.1) is 12.8 Å². The Hall–Kier alpha value is -2.86. The van der Waals surface area contributed by atoms with E-state index >= 15 is 0 Å². The Morgan fingerprint density at radius 2 is 2.03 bits per heavy atom. The maximum atomic E-state index is 12.9. The van der Waals surface area contributed by atoms with Gasteiger partial charge in [0, 0.05) is 25.6 Å². The molecule has 4 rings (SSSR count). The second-order valence-electron chi connectivity index (χ2n) is 8.02. The Morgan fingerprint density at radius 3 is 2.73 bits per heavy atom. The summed E-state index contributed by atoms with van der Waals surface area (Å²) in [4.78, 5) is 25.3. The van der Waals surface area contributed by atoms with E-state index in [0.717, 1.165) is 0 Å². The van der Waals surface area contributed by atoms with Gasteiger partial charge >= 0.3 is 0 Å². The zero-order valence-electron chi connectivity index (χ0n) is 18.4. The average molecular weight is 492 g/mol. The summed E-state index contributed by atoms with van der Waals surface area (Å²) >= 11 is 1.24. The third-order valence-corrected chi connectivity index (χ3v) is 8.27. The maximum absolute atomic E-state index is 12.9. The minimum Gasteiger partial charge on any atom is -0.416 e. The van der Waals surface area contributed by atoms with Gasteiger partial charge in [0.25, 0.3) is 10.8 Å². The minimum absolute atomic E-state index is 0.00752. The largest absolute Gasteiger partial charge is 0.416 e. The summed E-state index contributed by atoms with van der Waals surface area (Å²) in [6, 6.07) is 9.22. The summed E-state index contributed by atoms with van der Waals surface area (Å²) in [6.45, 7) is 1.78. The monoisotopic (exact) mass is 491 g/mol. The molecule has 2 aromatic heterocycles. The Morgan fingerprint density at radius 1 is 1.27 bits per heavy atom. The van der Waals surface area contributed by atoms with Gasteiger partial charge in [-0.05, 0) is 31.4 Å². The number of amides is 1. The predicted octanol–water partition coefficient (Wildman–Crippen LogP) is 1.97. The molecule has 0 radical (unpaired) electrons. The number of rotatable bonds is 8. The molecule has 1 unspecified atom stereocenters. The Kier molecular flexibility index (Phi) is 6.75. The number of hydrogen-bond donors (Lipinski definition) is 1. The fourth-order valence-corrected chi connectivity index (χ4v) is 6.38. The number of hydrogen-bond acceptors (Lipinski definition) is 8.